The highest BCUT2D eigenvalue weighted by atomic mass is 32.3. The summed E-state index contributed by atoms with van der Waals surface area (Å²) in [6, 6.07) is 0. The molecule has 0 spiro atoms. The summed E-state index contributed by atoms with van der Waals surface area (Å²) < 4.78 is 54.6. The van der Waals surface area contributed by atoms with E-state index in [4.69, 9.17) is 9.47 Å². The van der Waals surface area contributed by atoms with E-state index in [2.05, 4.69) is 0 Å². The fraction of sp³-hybridized carbons (Fsp3) is 0.857. The van der Waals surface area contributed by atoms with E-state index in [1.54, 1.807) is 41.5 Å². The number of esters is 2. The standard InChI is InChI=1S/C14H27NO8S2/c1-12(2,3)22-10(16)14(7,11(17)23-13(4,5)6)9-15(24(18)19)25(8,20)21/h9H2,1-8H3,(H,18,19). The van der Waals surface area contributed by atoms with Crippen LogP contribution in [0.3, 0.4) is 0 Å². The van der Waals surface area contributed by atoms with E-state index in [0.717, 1.165) is 6.92 Å². The smallest absolute Gasteiger partial charge is 0.325 e. The van der Waals surface area contributed by atoms with Crippen LogP contribution in [0.5, 0.6) is 0 Å². The van der Waals surface area contributed by atoms with Gasteiger partial charge >= 0.3 is 11.9 Å². The van der Waals surface area contributed by atoms with E-state index >= 15 is 0 Å². The minimum atomic E-state index is -4.18. The molecule has 0 aromatic carbocycles. The van der Waals surface area contributed by atoms with Gasteiger partial charge in [0.1, 0.15) is 11.2 Å². The van der Waals surface area contributed by atoms with Crippen LogP contribution in [0.4, 0.5) is 0 Å². The minimum absolute atomic E-state index is 0.126. The second kappa shape index (κ2) is 7.68. The molecular weight excluding hydrogens is 374 g/mol. The van der Waals surface area contributed by atoms with Crippen molar-refractivity contribution in [3.63, 3.8) is 0 Å². The predicted molar refractivity (Wildman–Crippen MR) is 92.1 cm³/mol. The normalized spacial score (nSPS) is 15.0. The highest BCUT2D eigenvalue weighted by Crippen LogP contribution is 2.29. The molecule has 9 nitrogen and oxygen atoms in total. The van der Waals surface area contributed by atoms with Crippen molar-refractivity contribution in [3.05, 3.63) is 0 Å². The molecule has 11 heteroatoms. The van der Waals surface area contributed by atoms with Crippen molar-refractivity contribution in [2.45, 2.75) is 59.7 Å². The zero-order chi connectivity index (χ0) is 20.4. The Bertz CT molecular complexity index is 615. The molecule has 0 heterocycles. The third kappa shape index (κ3) is 7.80. The van der Waals surface area contributed by atoms with Crippen molar-refractivity contribution < 1.29 is 36.2 Å². The van der Waals surface area contributed by atoms with Gasteiger partial charge in [0.05, 0.1) is 12.8 Å². The largest absolute Gasteiger partial charge is 0.459 e. The van der Waals surface area contributed by atoms with E-state index < -0.39 is 56.4 Å². The summed E-state index contributed by atoms with van der Waals surface area (Å²) >= 11 is -2.97. The molecule has 148 valence electrons. The Kier molecular flexibility index (Phi) is 7.36. The van der Waals surface area contributed by atoms with Crippen molar-refractivity contribution in [3.8, 4) is 0 Å². The van der Waals surface area contributed by atoms with E-state index in [1.807, 2.05) is 0 Å². The third-order valence-corrected chi connectivity index (χ3v) is 5.23. The van der Waals surface area contributed by atoms with Gasteiger partial charge in [0.2, 0.25) is 21.3 Å². The van der Waals surface area contributed by atoms with Crippen molar-refractivity contribution in [2.75, 3.05) is 12.8 Å². The maximum atomic E-state index is 12.6. The Balaban J connectivity index is 6.02. The van der Waals surface area contributed by atoms with Crippen LogP contribution in [0.1, 0.15) is 48.5 Å². The predicted octanol–water partition coefficient (Wildman–Crippen LogP) is 1.07. The molecular formula is C14H27NO8S2. The molecule has 0 amide bonds. The average Bonchev–Trinajstić information content (AvgIpc) is 2.29. The number of hydrogen-bond donors (Lipinski definition) is 1. The maximum absolute atomic E-state index is 12.6. The van der Waals surface area contributed by atoms with Crippen molar-refractivity contribution in [1.29, 1.82) is 0 Å². The molecule has 1 unspecified atom stereocenters. The maximum Gasteiger partial charge on any atom is 0.325 e. The number of carbonyl (C=O) groups is 2. The second-order valence-electron chi connectivity index (χ2n) is 7.79. The van der Waals surface area contributed by atoms with E-state index in [0.29, 0.717) is 6.26 Å². The molecule has 0 aliphatic carbocycles. The summed E-state index contributed by atoms with van der Waals surface area (Å²) in [5.74, 6) is -2.12. The van der Waals surface area contributed by atoms with Crippen molar-refractivity contribution >= 4 is 33.2 Å². The van der Waals surface area contributed by atoms with Gasteiger partial charge in [-0.1, -0.05) is 3.71 Å². The van der Waals surface area contributed by atoms with Crippen LogP contribution in [0, 0.1) is 5.41 Å². The zero-order valence-corrected chi connectivity index (χ0v) is 17.4. The van der Waals surface area contributed by atoms with Crippen molar-refractivity contribution in [2.24, 2.45) is 5.41 Å². The Hall–Kier alpha value is -1.04. The van der Waals surface area contributed by atoms with Crippen LogP contribution in [0.15, 0.2) is 0 Å². The molecule has 0 fully saturated rings. The Morgan fingerprint density at radius 1 is 0.960 bits per heavy atom. The summed E-state index contributed by atoms with van der Waals surface area (Å²) in [4.78, 5) is 25.1. The lowest BCUT2D eigenvalue weighted by atomic mass is 9.90. The number of nitrogens with zero attached hydrogens (tertiary/aromatic N) is 1. The van der Waals surface area contributed by atoms with E-state index in [-0.39, 0.29) is 3.71 Å². The summed E-state index contributed by atoms with van der Waals surface area (Å²) in [5, 5.41) is 0. The molecule has 0 rings (SSSR count). The number of sulfonamides is 1. The first-order valence-corrected chi connectivity index (χ1v) is 10.3. The Morgan fingerprint density at radius 3 is 1.48 bits per heavy atom. The zero-order valence-electron chi connectivity index (χ0n) is 15.8. The first-order valence-electron chi connectivity index (χ1n) is 7.35. The van der Waals surface area contributed by atoms with Crippen molar-refractivity contribution in [1.82, 2.24) is 3.71 Å². The van der Waals surface area contributed by atoms with E-state index in [9.17, 15) is 26.8 Å². The van der Waals surface area contributed by atoms with Crippen LogP contribution in [0.2, 0.25) is 0 Å². The topological polar surface area (TPSA) is 127 Å². The van der Waals surface area contributed by atoms with Gasteiger partial charge in [-0.25, -0.2) is 12.6 Å². The number of carbonyl (C=O) groups excluding carboxylic acids is 2. The van der Waals surface area contributed by atoms with Crippen LogP contribution < -0.4 is 0 Å². The van der Waals surface area contributed by atoms with Crippen LogP contribution in [-0.2, 0) is 40.4 Å². The number of hydrogen-bond acceptors (Lipinski definition) is 7. The quantitative estimate of drug-likeness (QED) is 0.398. The van der Waals surface area contributed by atoms with Gasteiger partial charge in [-0.3, -0.25) is 14.1 Å². The average molecular weight is 402 g/mol. The van der Waals surface area contributed by atoms with Gasteiger partial charge in [0.15, 0.2) is 5.41 Å². The molecule has 0 bridgehead atoms. The lowest BCUT2D eigenvalue weighted by Crippen LogP contribution is -2.52. The van der Waals surface area contributed by atoms with Crippen LogP contribution >= 0.6 is 0 Å². The molecule has 1 atom stereocenters. The molecule has 0 radical (unpaired) electrons. The van der Waals surface area contributed by atoms with Crippen LogP contribution in [0.25, 0.3) is 0 Å². The molecule has 0 aliphatic heterocycles. The highest BCUT2D eigenvalue weighted by molar-refractivity contribution is 7.98. The SMILES string of the molecule is CC(C)(C)OC(=O)C(C)(CN(S(=O)O)S(C)(=O)=O)C(=O)OC(C)(C)C. The number of rotatable bonds is 6. The lowest BCUT2D eigenvalue weighted by Gasteiger charge is -2.33. The monoisotopic (exact) mass is 401 g/mol. The van der Waals surface area contributed by atoms with Gasteiger partial charge in [-0.2, -0.15) is 0 Å². The Labute approximate surface area is 151 Å². The molecule has 0 saturated heterocycles. The molecule has 0 aromatic rings. The molecule has 0 aromatic heterocycles. The highest BCUT2D eigenvalue weighted by Gasteiger charge is 2.50. The minimum Gasteiger partial charge on any atom is -0.459 e. The van der Waals surface area contributed by atoms with Gasteiger partial charge in [0.25, 0.3) is 0 Å². The van der Waals surface area contributed by atoms with Gasteiger partial charge < -0.3 is 9.47 Å². The lowest BCUT2D eigenvalue weighted by molar-refractivity contribution is -0.183. The van der Waals surface area contributed by atoms with Gasteiger partial charge in [-0.15, -0.1) is 0 Å². The summed E-state index contributed by atoms with van der Waals surface area (Å²) in [5.41, 5.74) is -4.06. The Morgan fingerprint density at radius 2 is 1.28 bits per heavy atom. The molecule has 0 saturated carbocycles. The first kappa shape index (κ1) is 24.0. The fourth-order valence-electron chi connectivity index (χ4n) is 1.54. The molecule has 1 N–H and O–H groups in total. The van der Waals surface area contributed by atoms with E-state index in [1.165, 1.54) is 0 Å². The summed E-state index contributed by atoms with van der Waals surface area (Å²) in [6.07, 6.45) is 0.686. The summed E-state index contributed by atoms with van der Waals surface area (Å²) in [6.45, 7) is 9.62. The number of ether oxygens (including phenoxy) is 2. The third-order valence-electron chi connectivity index (χ3n) is 2.69. The van der Waals surface area contributed by atoms with Gasteiger partial charge in [-0.05, 0) is 48.5 Å². The molecule has 25 heavy (non-hydrogen) atoms. The fourth-order valence-corrected chi connectivity index (χ4v) is 3.33. The van der Waals surface area contributed by atoms with Gasteiger partial charge in [0, 0.05) is 0 Å². The first-order chi connectivity index (χ1) is 10.8. The molecule has 0 aliphatic rings. The van der Waals surface area contributed by atoms with Crippen LogP contribution in [-0.4, -0.2) is 56.8 Å². The summed E-state index contributed by atoms with van der Waals surface area (Å²) in [7, 11) is -4.18. The second-order valence-corrected chi connectivity index (χ2v) is 10.8.